The van der Waals surface area contributed by atoms with E-state index >= 15 is 0 Å². The maximum absolute atomic E-state index is 12.3. The smallest absolute Gasteiger partial charge is 0.234 e. The van der Waals surface area contributed by atoms with E-state index in [4.69, 9.17) is 11.6 Å². The highest BCUT2D eigenvalue weighted by Crippen LogP contribution is 2.21. The molecule has 7 heteroatoms. The topological polar surface area (TPSA) is 53.4 Å². The number of nitrogens with one attached hydrogen (secondary N) is 1. The van der Waals surface area contributed by atoms with Gasteiger partial charge in [0, 0.05) is 32.4 Å². The van der Waals surface area contributed by atoms with Crippen molar-refractivity contribution < 1.29 is 4.79 Å². The zero-order chi connectivity index (χ0) is 19.3. The molecule has 0 unspecified atom stereocenters. The quantitative estimate of drug-likeness (QED) is 0.774. The molecular formula is C21H28ClN5O. The summed E-state index contributed by atoms with van der Waals surface area (Å²) in [4.78, 5) is 17.0. The van der Waals surface area contributed by atoms with Crippen molar-refractivity contribution in [3.63, 3.8) is 0 Å². The van der Waals surface area contributed by atoms with Crippen molar-refractivity contribution in [3.8, 4) is 0 Å². The molecule has 2 aliphatic heterocycles. The van der Waals surface area contributed by atoms with Crippen LogP contribution in [0.4, 0.5) is 0 Å². The van der Waals surface area contributed by atoms with Crippen molar-refractivity contribution in [1.82, 2.24) is 24.9 Å². The summed E-state index contributed by atoms with van der Waals surface area (Å²) in [5, 5.41) is 8.07. The number of hydrogen-bond donors (Lipinski definition) is 1. The molecule has 0 aliphatic carbocycles. The molecule has 4 rings (SSSR count). The van der Waals surface area contributed by atoms with Crippen LogP contribution in [0.15, 0.2) is 36.7 Å². The number of hydrogen-bond acceptors (Lipinski definition) is 4. The third-order valence-corrected chi connectivity index (χ3v) is 6.01. The Morgan fingerprint density at radius 1 is 1.11 bits per heavy atom. The highest BCUT2D eigenvalue weighted by atomic mass is 35.5. The fourth-order valence-electron chi connectivity index (χ4n) is 4.15. The summed E-state index contributed by atoms with van der Waals surface area (Å²) in [6.07, 6.45) is 5.81. The number of nitrogens with zero attached hydrogens (tertiary/aromatic N) is 4. The Balaban J connectivity index is 1.11. The van der Waals surface area contributed by atoms with Gasteiger partial charge in [-0.2, -0.15) is 5.10 Å². The minimum atomic E-state index is 0.144. The molecule has 150 valence electrons. The third kappa shape index (κ3) is 5.13. The van der Waals surface area contributed by atoms with Crippen LogP contribution in [-0.2, 0) is 24.4 Å². The van der Waals surface area contributed by atoms with Crippen LogP contribution in [0.25, 0.3) is 0 Å². The first-order valence-electron chi connectivity index (χ1n) is 10.1. The molecule has 1 amide bonds. The van der Waals surface area contributed by atoms with Gasteiger partial charge >= 0.3 is 0 Å². The van der Waals surface area contributed by atoms with Crippen LogP contribution in [-0.4, -0.2) is 58.2 Å². The van der Waals surface area contributed by atoms with Gasteiger partial charge in [-0.15, -0.1) is 0 Å². The number of carbonyl (C=O) groups is 1. The second-order valence-electron chi connectivity index (χ2n) is 7.92. The number of halogens is 1. The summed E-state index contributed by atoms with van der Waals surface area (Å²) >= 11 is 5.90. The number of rotatable bonds is 7. The number of aromatic nitrogens is 2. The summed E-state index contributed by atoms with van der Waals surface area (Å²) in [6, 6.07) is 8.45. The summed E-state index contributed by atoms with van der Waals surface area (Å²) in [5.41, 5.74) is 2.69. The van der Waals surface area contributed by atoms with Crippen molar-refractivity contribution in [2.45, 2.75) is 32.5 Å². The molecule has 0 bridgehead atoms. The van der Waals surface area contributed by atoms with Gasteiger partial charge in [0.2, 0.25) is 5.91 Å². The van der Waals surface area contributed by atoms with Gasteiger partial charge in [0.15, 0.2) is 0 Å². The maximum atomic E-state index is 12.3. The molecule has 0 saturated carbocycles. The zero-order valence-electron chi connectivity index (χ0n) is 16.2. The monoisotopic (exact) mass is 401 g/mol. The zero-order valence-corrected chi connectivity index (χ0v) is 16.9. The third-order valence-electron chi connectivity index (χ3n) is 5.82. The molecule has 1 fully saturated rings. The Kier molecular flexibility index (Phi) is 6.29. The minimum absolute atomic E-state index is 0.144. The molecule has 2 aromatic rings. The predicted molar refractivity (Wildman–Crippen MR) is 110 cm³/mol. The van der Waals surface area contributed by atoms with Crippen LogP contribution in [0.3, 0.4) is 0 Å². The van der Waals surface area contributed by atoms with Crippen molar-refractivity contribution in [3.05, 3.63) is 52.8 Å². The van der Waals surface area contributed by atoms with Crippen LogP contribution < -0.4 is 5.32 Å². The van der Waals surface area contributed by atoms with E-state index in [1.807, 2.05) is 10.9 Å². The van der Waals surface area contributed by atoms with Gasteiger partial charge in [0.25, 0.3) is 0 Å². The lowest BCUT2D eigenvalue weighted by molar-refractivity contribution is -0.122. The maximum Gasteiger partial charge on any atom is 0.234 e. The van der Waals surface area contributed by atoms with Gasteiger partial charge < -0.3 is 10.2 Å². The van der Waals surface area contributed by atoms with Crippen LogP contribution in [0.5, 0.6) is 0 Å². The van der Waals surface area contributed by atoms with E-state index < -0.39 is 0 Å². The Labute approximate surface area is 171 Å². The first-order chi connectivity index (χ1) is 13.7. The summed E-state index contributed by atoms with van der Waals surface area (Å²) < 4.78 is 1.89. The Morgan fingerprint density at radius 3 is 2.46 bits per heavy atom. The molecule has 0 spiro atoms. The SMILES string of the molecule is O=C(CN1Cc2ccccc2C1)NCC1CCN(CCn2cc(Cl)cn2)CC1. The predicted octanol–water partition coefficient (Wildman–Crippen LogP) is 2.38. The highest BCUT2D eigenvalue weighted by molar-refractivity contribution is 6.30. The van der Waals surface area contributed by atoms with Gasteiger partial charge in [-0.3, -0.25) is 14.4 Å². The fraction of sp³-hybridized carbons (Fsp3) is 0.524. The largest absolute Gasteiger partial charge is 0.355 e. The van der Waals surface area contributed by atoms with E-state index in [2.05, 4.69) is 44.5 Å². The Morgan fingerprint density at radius 2 is 1.82 bits per heavy atom. The van der Waals surface area contributed by atoms with E-state index in [1.165, 1.54) is 11.1 Å². The number of piperidine rings is 1. The number of likely N-dealkylation sites (tertiary alicyclic amines) is 1. The molecule has 1 aromatic carbocycles. The molecule has 0 radical (unpaired) electrons. The van der Waals surface area contributed by atoms with Crippen molar-refractivity contribution >= 4 is 17.5 Å². The molecular weight excluding hydrogens is 374 g/mol. The van der Waals surface area contributed by atoms with Crippen LogP contribution in [0.2, 0.25) is 5.02 Å². The average Bonchev–Trinajstić information content (AvgIpc) is 3.30. The Hall–Kier alpha value is -1.89. The van der Waals surface area contributed by atoms with Crippen molar-refractivity contribution in [1.29, 1.82) is 0 Å². The molecule has 6 nitrogen and oxygen atoms in total. The number of carbonyl (C=O) groups excluding carboxylic acids is 1. The lowest BCUT2D eigenvalue weighted by Crippen LogP contribution is -2.41. The standard InChI is InChI=1S/C21H28ClN5O/c22-20-12-24-27(15-20)10-9-25-7-5-17(6-8-25)11-23-21(28)16-26-13-18-3-1-2-4-19(18)14-26/h1-4,12,15,17H,5-11,13-14,16H2,(H,23,28). The number of fused-ring (bicyclic) bond motifs is 1. The fourth-order valence-corrected chi connectivity index (χ4v) is 4.31. The van der Waals surface area contributed by atoms with E-state index in [9.17, 15) is 4.79 Å². The second kappa shape index (κ2) is 9.07. The normalized spacial score (nSPS) is 18.3. The van der Waals surface area contributed by atoms with Crippen molar-refractivity contribution in [2.24, 2.45) is 5.92 Å². The molecule has 2 aliphatic rings. The molecule has 28 heavy (non-hydrogen) atoms. The van der Waals surface area contributed by atoms with Gasteiger partial charge in [-0.05, 0) is 43.0 Å². The van der Waals surface area contributed by atoms with E-state index in [-0.39, 0.29) is 5.91 Å². The molecule has 1 aromatic heterocycles. The van der Waals surface area contributed by atoms with Gasteiger partial charge in [-0.25, -0.2) is 0 Å². The Bertz CT molecular complexity index is 775. The minimum Gasteiger partial charge on any atom is -0.355 e. The van der Waals surface area contributed by atoms with Crippen molar-refractivity contribution in [2.75, 3.05) is 32.7 Å². The van der Waals surface area contributed by atoms with Crippen LogP contribution in [0, 0.1) is 5.92 Å². The highest BCUT2D eigenvalue weighted by Gasteiger charge is 2.22. The van der Waals surface area contributed by atoms with E-state index in [1.54, 1.807) is 6.20 Å². The van der Waals surface area contributed by atoms with Gasteiger partial charge in [0.05, 0.1) is 24.3 Å². The lowest BCUT2D eigenvalue weighted by atomic mass is 9.97. The van der Waals surface area contributed by atoms with Gasteiger partial charge in [0.1, 0.15) is 0 Å². The summed E-state index contributed by atoms with van der Waals surface area (Å²) in [7, 11) is 0. The number of amides is 1. The van der Waals surface area contributed by atoms with Gasteiger partial charge in [-0.1, -0.05) is 35.9 Å². The van der Waals surface area contributed by atoms with Crippen LogP contribution >= 0.6 is 11.6 Å². The van der Waals surface area contributed by atoms with Crippen LogP contribution in [0.1, 0.15) is 24.0 Å². The second-order valence-corrected chi connectivity index (χ2v) is 8.36. The summed E-state index contributed by atoms with van der Waals surface area (Å²) in [6.45, 7) is 7.06. The molecule has 1 saturated heterocycles. The first-order valence-corrected chi connectivity index (χ1v) is 10.5. The van der Waals surface area contributed by atoms with E-state index in [0.717, 1.165) is 58.7 Å². The lowest BCUT2D eigenvalue weighted by Gasteiger charge is -2.32. The molecule has 0 atom stereocenters. The molecule has 3 heterocycles. The number of benzene rings is 1. The first kappa shape index (κ1) is 19.4. The summed E-state index contributed by atoms with van der Waals surface area (Å²) in [5.74, 6) is 0.723. The molecule has 1 N–H and O–H groups in total. The average molecular weight is 402 g/mol. The van der Waals surface area contributed by atoms with E-state index in [0.29, 0.717) is 17.5 Å².